The summed E-state index contributed by atoms with van der Waals surface area (Å²) in [6.07, 6.45) is -11.7. The van der Waals surface area contributed by atoms with E-state index in [4.69, 9.17) is 0 Å². The fraction of sp³-hybridized carbons (Fsp3) is 0.560. The number of carbonyl (C=O) groups excluding carboxylic acids is 2. The van der Waals surface area contributed by atoms with Crippen molar-refractivity contribution < 1.29 is 44.7 Å². The van der Waals surface area contributed by atoms with Crippen molar-refractivity contribution in [1.29, 1.82) is 0 Å². The maximum Gasteiger partial charge on any atom is 0.289 e. The number of alkyl halides is 8. The zero-order valence-electron chi connectivity index (χ0n) is 22.0. The molecule has 2 heterocycles. The molecule has 1 aliphatic carbocycles. The Bertz CT molecular complexity index is 1390. The Morgan fingerprint density at radius 1 is 1.12 bits per heavy atom. The van der Waals surface area contributed by atoms with Gasteiger partial charge in [-0.25, -0.2) is 44.8 Å². The molecular formula is C25H27F8N7O2. The number of benzene rings is 1. The van der Waals surface area contributed by atoms with E-state index in [-0.39, 0.29) is 23.3 Å². The largest absolute Gasteiger partial charge is 0.347 e. The fourth-order valence-corrected chi connectivity index (χ4v) is 4.72. The SMILES string of the molecule is C[C@@H](NC(=O)C(F)C(F)CF)c1ccc2nc([C@@H](NC(=O)c3cn(C(F)C(F)F)nn3)C3CCC(F)(F)CC3)[nH]c2c1. The third-order valence-corrected chi connectivity index (χ3v) is 7.12. The van der Waals surface area contributed by atoms with Gasteiger partial charge in [0.15, 0.2) is 11.9 Å². The van der Waals surface area contributed by atoms with Crippen molar-refractivity contribution in [3.8, 4) is 0 Å². The molecule has 1 aromatic carbocycles. The predicted molar refractivity (Wildman–Crippen MR) is 132 cm³/mol. The quantitative estimate of drug-likeness (QED) is 0.265. The van der Waals surface area contributed by atoms with E-state index in [0.717, 1.165) is 0 Å². The molecule has 4 rings (SSSR count). The van der Waals surface area contributed by atoms with Crippen molar-refractivity contribution in [2.75, 3.05) is 6.67 Å². The lowest BCUT2D eigenvalue weighted by Crippen LogP contribution is -2.39. The number of fused-ring (bicyclic) bond motifs is 1. The summed E-state index contributed by atoms with van der Waals surface area (Å²) < 4.78 is 106. The molecule has 3 N–H and O–H groups in total. The topological polar surface area (TPSA) is 118 Å². The molecule has 2 amide bonds. The van der Waals surface area contributed by atoms with Gasteiger partial charge >= 0.3 is 0 Å². The van der Waals surface area contributed by atoms with Crippen molar-refractivity contribution in [1.82, 2.24) is 35.6 Å². The first-order valence-electron chi connectivity index (χ1n) is 13.0. The number of hydrogen-bond donors (Lipinski definition) is 3. The van der Waals surface area contributed by atoms with Gasteiger partial charge in [-0.3, -0.25) is 9.59 Å². The summed E-state index contributed by atoms with van der Waals surface area (Å²) in [5.41, 5.74) is 0.710. The second-order valence-corrected chi connectivity index (χ2v) is 10.1. The van der Waals surface area contributed by atoms with Crippen LogP contribution in [0.5, 0.6) is 0 Å². The molecule has 230 valence electrons. The first-order valence-corrected chi connectivity index (χ1v) is 13.0. The summed E-state index contributed by atoms with van der Waals surface area (Å²) in [5, 5.41) is 11.5. The van der Waals surface area contributed by atoms with Gasteiger partial charge in [0.2, 0.25) is 12.1 Å². The molecule has 0 radical (unpaired) electrons. The maximum atomic E-state index is 13.9. The summed E-state index contributed by atoms with van der Waals surface area (Å²) in [5.74, 6) is -5.50. The van der Waals surface area contributed by atoms with Gasteiger partial charge in [0.25, 0.3) is 24.5 Å². The molecule has 3 unspecified atom stereocenters. The number of aromatic nitrogens is 5. The molecule has 2 aromatic heterocycles. The van der Waals surface area contributed by atoms with Crippen LogP contribution in [-0.4, -0.2) is 68.1 Å². The van der Waals surface area contributed by atoms with Crippen molar-refractivity contribution in [3.05, 3.63) is 41.5 Å². The lowest BCUT2D eigenvalue weighted by atomic mass is 9.81. The Balaban J connectivity index is 1.58. The minimum atomic E-state index is -3.41. The van der Waals surface area contributed by atoms with Crippen LogP contribution >= 0.6 is 0 Å². The monoisotopic (exact) mass is 609 g/mol. The summed E-state index contributed by atoms with van der Waals surface area (Å²) in [7, 11) is 0. The summed E-state index contributed by atoms with van der Waals surface area (Å²) in [6.45, 7) is -0.174. The average Bonchev–Trinajstić information content (AvgIpc) is 3.62. The smallest absolute Gasteiger partial charge is 0.289 e. The van der Waals surface area contributed by atoms with E-state index >= 15 is 0 Å². The molecule has 3 aromatic rings. The number of hydrogen-bond acceptors (Lipinski definition) is 5. The van der Waals surface area contributed by atoms with Gasteiger partial charge in [0.1, 0.15) is 12.5 Å². The second kappa shape index (κ2) is 12.6. The molecule has 1 saturated carbocycles. The molecule has 42 heavy (non-hydrogen) atoms. The van der Waals surface area contributed by atoms with E-state index in [0.29, 0.717) is 22.8 Å². The average molecular weight is 610 g/mol. The minimum Gasteiger partial charge on any atom is -0.347 e. The van der Waals surface area contributed by atoms with Crippen LogP contribution in [0.15, 0.2) is 24.4 Å². The van der Waals surface area contributed by atoms with Crippen LogP contribution in [-0.2, 0) is 4.79 Å². The van der Waals surface area contributed by atoms with Crippen molar-refractivity contribution in [3.63, 3.8) is 0 Å². The Hall–Kier alpha value is -3.79. The van der Waals surface area contributed by atoms with Crippen LogP contribution in [0.2, 0.25) is 0 Å². The number of rotatable bonds is 11. The molecule has 0 saturated heterocycles. The highest BCUT2D eigenvalue weighted by Crippen LogP contribution is 2.41. The van der Waals surface area contributed by atoms with E-state index in [2.05, 4.69) is 30.9 Å². The second-order valence-electron chi connectivity index (χ2n) is 10.1. The van der Waals surface area contributed by atoms with Crippen LogP contribution in [0.1, 0.15) is 72.9 Å². The minimum absolute atomic E-state index is 0.00672. The molecule has 9 nitrogen and oxygen atoms in total. The summed E-state index contributed by atoms with van der Waals surface area (Å²) >= 11 is 0. The molecule has 5 atom stereocenters. The van der Waals surface area contributed by atoms with E-state index < -0.39 is 86.0 Å². The van der Waals surface area contributed by atoms with Crippen LogP contribution < -0.4 is 10.6 Å². The fourth-order valence-electron chi connectivity index (χ4n) is 4.72. The lowest BCUT2D eigenvalue weighted by molar-refractivity contribution is -0.129. The number of H-pyrrole nitrogens is 1. The zero-order chi connectivity index (χ0) is 30.8. The third kappa shape index (κ3) is 6.98. The molecule has 17 heteroatoms. The number of carbonyl (C=O) groups is 2. The summed E-state index contributed by atoms with van der Waals surface area (Å²) in [6, 6.07) is 2.81. The van der Waals surface area contributed by atoms with Crippen LogP contribution in [0, 0.1) is 5.92 Å². The van der Waals surface area contributed by atoms with Gasteiger partial charge in [-0.1, -0.05) is 11.3 Å². The standard InChI is InChI=1S/C25H27F8N7O2/c1-11(34-24(42)18(28)14(27)9-26)13-2-3-15-16(8-13)36-22(35-15)19(12-4-6-25(32,33)7-5-12)37-23(41)17-10-40(39-38-17)21(31)20(29)30/h2-3,8,10-12,14,18-21H,4-7,9H2,1H3,(H,34,42)(H,35,36)(H,37,41)/t11-,14?,18?,19+,21?/m1/s1. The van der Waals surface area contributed by atoms with Crippen molar-refractivity contribution in [2.45, 2.75) is 75.7 Å². The number of amides is 2. The Morgan fingerprint density at radius 3 is 2.45 bits per heavy atom. The predicted octanol–water partition coefficient (Wildman–Crippen LogP) is 5.01. The van der Waals surface area contributed by atoms with Gasteiger partial charge in [-0.05, 0) is 43.4 Å². The van der Waals surface area contributed by atoms with E-state index in [1.54, 1.807) is 0 Å². The van der Waals surface area contributed by atoms with Crippen molar-refractivity contribution >= 4 is 22.8 Å². The van der Waals surface area contributed by atoms with Gasteiger partial charge in [0.05, 0.1) is 29.3 Å². The van der Waals surface area contributed by atoms with Gasteiger partial charge in [-0.2, -0.15) is 0 Å². The highest BCUT2D eigenvalue weighted by molar-refractivity contribution is 5.92. The van der Waals surface area contributed by atoms with Crippen LogP contribution in [0.3, 0.4) is 0 Å². The normalized spacial score (nSPS) is 19.3. The number of aromatic amines is 1. The first kappa shape index (κ1) is 31.2. The summed E-state index contributed by atoms with van der Waals surface area (Å²) in [4.78, 5) is 32.3. The number of halogens is 8. The zero-order valence-corrected chi connectivity index (χ0v) is 22.0. The van der Waals surface area contributed by atoms with Gasteiger partial charge in [-0.15, -0.1) is 5.10 Å². The van der Waals surface area contributed by atoms with Crippen LogP contribution in [0.4, 0.5) is 35.1 Å². The lowest BCUT2D eigenvalue weighted by Gasteiger charge is -2.33. The van der Waals surface area contributed by atoms with E-state index in [9.17, 15) is 44.7 Å². The number of imidazole rings is 1. The molecule has 1 aliphatic rings. The Labute approximate surface area is 233 Å². The highest BCUT2D eigenvalue weighted by atomic mass is 19.3. The third-order valence-electron chi connectivity index (χ3n) is 7.12. The molecule has 0 spiro atoms. The molecule has 0 aliphatic heterocycles. The molecule has 0 bridgehead atoms. The first-order chi connectivity index (χ1) is 19.8. The number of nitrogens with one attached hydrogen (secondary N) is 3. The Morgan fingerprint density at radius 2 is 1.81 bits per heavy atom. The molecule has 1 fully saturated rings. The maximum absolute atomic E-state index is 13.9. The van der Waals surface area contributed by atoms with Crippen molar-refractivity contribution in [2.24, 2.45) is 5.92 Å². The van der Waals surface area contributed by atoms with E-state index in [1.165, 1.54) is 25.1 Å². The van der Waals surface area contributed by atoms with Gasteiger partial charge in [0, 0.05) is 12.8 Å². The number of nitrogens with zero attached hydrogens (tertiary/aromatic N) is 4. The van der Waals surface area contributed by atoms with E-state index in [1.807, 2.05) is 0 Å². The van der Waals surface area contributed by atoms with Gasteiger partial charge < -0.3 is 15.6 Å². The van der Waals surface area contributed by atoms with Crippen LogP contribution in [0.25, 0.3) is 11.0 Å². The Kier molecular flexibility index (Phi) is 9.35. The highest BCUT2D eigenvalue weighted by Gasteiger charge is 2.40. The molecular weight excluding hydrogens is 582 g/mol.